The Bertz CT molecular complexity index is 557. The van der Waals surface area contributed by atoms with Gasteiger partial charge in [0, 0.05) is 18.4 Å². The Morgan fingerprint density at radius 3 is 2.68 bits per heavy atom. The Morgan fingerprint density at radius 1 is 1.26 bits per heavy atom. The highest BCUT2D eigenvalue weighted by Gasteiger charge is 2.10. The average Bonchev–Trinajstić information content (AvgIpc) is 2.65. The first-order valence-electron chi connectivity index (χ1n) is 6.87. The first-order chi connectivity index (χ1) is 9.15. The van der Waals surface area contributed by atoms with Crippen LogP contribution in [0.5, 0.6) is 0 Å². The minimum Gasteiger partial charge on any atom is -0.370 e. The van der Waals surface area contributed by atoms with Crippen molar-refractivity contribution in [1.29, 1.82) is 0 Å². The van der Waals surface area contributed by atoms with E-state index >= 15 is 0 Å². The van der Waals surface area contributed by atoms with Crippen molar-refractivity contribution in [2.75, 3.05) is 11.9 Å². The van der Waals surface area contributed by atoms with E-state index < -0.39 is 0 Å². The number of pyridine rings is 1. The maximum absolute atomic E-state index is 4.63. The zero-order chi connectivity index (χ0) is 13.8. The number of nitrogens with zero attached hydrogens (tertiary/aromatic N) is 3. The molecule has 2 aromatic heterocycles. The van der Waals surface area contributed by atoms with Crippen LogP contribution in [0, 0.1) is 13.8 Å². The number of nitrogens with one attached hydrogen (secondary N) is 1. The average molecular weight is 258 g/mol. The number of hydrogen-bond acceptors (Lipinski definition) is 3. The second-order valence-electron chi connectivity index (χ2n) is 4.74. The molecule has 4 heteroatoms. The quantitative estimate of drug-likeness (QED) is 0.896. The molecule has 0 aromatic carbocycles. The van der Waals surface area contributed by atoms with Crippen LogP contribution in [-0.2, 0) is 13.0 Å². The van der Waals surface area contributed by atoms with Gasteiger partial charge in [0.25, 0.3) is 0 Å². The van der Waals surface area contributed by atoms with Gasteiger partial charge in [-0.3, -0.25) is 4.68 Å². The Balaban J connectivity index is 2.23. The zero-order valence-electron chi connectivity index (χ0n) is 12.2. The third kappa shape index (κ3) is 2.95. The highest BCUT2D eigenvalue weighted by atomic mass is 15.3. The topological polar surface area (TPSA) is 42.7 Å². The van der Waals surface area contributed by atoms with Crippen LogP contribution in [0.15, 0.2) is 18.3 Å². The molecule has 0 aliphatic rings. The summed E-state index contributed by atoms with van der Waals surface area (Å²) < 4.78 is 2.08. The van der Waals surface area contributed by atoms with Gasteiger partial charge in [-0.05, 0) is 50.5 Å². The predicted molar refractivity (Wildman–Crippen MR) is 78.6 cm³/mol. The van der Waals surface area contributed by atoms with Crippen LogP contribution in [0.4, 0.5) is 5.82 Å². The lowest BCUT2D eigenvalue weighted by molar-refractivity contribution is 0.657. The number of aryl methyl sites for hydroxylation is 1. The van der Waals surface area contributed by atoms with Gasteiger partial charge in [0.05, 0.1) is 12.2 Å². The van der Waals surface area contributed by atoms with E-state index in [-0.39, 0.29) is 0 Å². The van der Waals surface area contributed by atoms with Crippen LogP contribution >= 0.6 is 0 Å². The molecule has 0 amide bonds. The summed E-state index contributed by atoms with van der Waals surface area (Å²) in [5.41, 5.74) is 4.99. The lowest BCUT2D eigenvalue weighted by Gasteiger charge is -2.07. The third-order valence-electron chi connectivity index (χ3n) is 3.40. The molecule has 4 nitrogen and oxygen atoms in total. The largest absolute Gasteiger partial charge is 0.370 e. The van der Waals surface area contributed by atoms with Crippen molar-refractivity contribution in [2.24, 2.45) is 0 Å². The van der Waals surface area contributed by atoms with Crippen molar-refractivity contribution in [2.45, 2.75) is 40.7 Å². The van der Waals surface area contributed by atoms with Crippen molar-refractivity contribution in [3.8, 4) is 0 Å². The van der Waals surface area contributed by atoms with Crippen molar-refractivity contribution in [3.63, 3.8) is 0 Å². The first-order valence-corrected chi connectivity index (χ1v) is 6.87. The Hall–Kier alpha value is -1.84. The maximum Gasteiger partial charge on any atom is 0.126 e. The predicted octanol–water partition coefficient (Wildman–Crippen LogP) is 2.94. The van der Waals surface area contributed by atoms with E-state index in [1.54, 1.807) is 0 Å². The van der Waals surface area contributed by atoms with E-state index in [1.165, 1.54) is 16.8 Å². The van der Waals surface area contributed by atoms with Crippen LogP contribution in [0.25, 0.3) is 0 Å². The van der Waals surface area contributed by atoms with Crippen LogP contribution in [0.3, 0.4) is 0 Å². The van der Waals surface area contributed by atoms with Crippen LogP contribution in [0.2, 0.25) is 0 Å². The van der Waals surface area contributed by atoms with E-state index in [9.17, 15) is 0 Å². The smallest absolute Gasteiger partial charge is 0.126 e. The maximum atomic E-state index is 4.63. The summed E-state index contributed by atoms with van der Waals surface area (Å²) in [7, 11) is 0. The van der Waals surface area contributed by atoms with Gasteiger partial charge in [-0.1, -0.05) is 6.92 Å². The molecule has 0 aliphatic heterocycles. The van der Waals surface area contributed by atoms with Crippen molar-refractivity contribution in [1.82, 2.24) is 14.8 Å². The van der Waals surface area contributed by atoms with E-state index in [0.29, 0.717) is 0 Å². The molecule has 0 atom stereocenters. The van der Waals surface area contributed by atoms with Gasteiger partial charge in [-0.25, -0.2) is 4.98 Å². The van der Waals surface area contributed by atoms with Gasteiger partial charge in [0.2, 0.25) is 0 Å². The van der Waals surface area contributed by atoms with Gasteiger partial charge in [0.15, 0.2) is 0 Å². The highest BCUT2D eigenvalue weighted by molar-refractivity contribution is 5.37. The molecule has 0 saturated heterocycles. The molecule has 2 rings (SSSR count). The molecule has 102 valence electrons. The molecule has 0 fully saturated rings. The zero-order valence-corrected chi connectivity index (χ0v) is 12.2. The second-order valence-corrected chi connectivity index (χ2v) is 4.74. The van der Waals surface area contributed by atoms with Gasteiger partial charge in [-0.15, -0.1) is 0 Å². The summed E-state index contributed by atoms with van der Waals surface area (Å²) in [6.45, 7) is 10.2. The molecule has 1 N–H and O–H groups in total. The van der Waals surface area contributed by atoms with Gasteiger partial charge < -0.3 is 5.32 Å². The molecule has 0 unspecified atom stereocenters. The third-order valence-corrected chi connectivity index (χ3v) is 3.40. The molecular formula is C15H22N4. The molecule has 0 bridgehead atoms. The fourth-order valence-electron chi connectivity index (χ4n) is 2.42. The number of rotatable bonds is 5. The van der Waals surface area contributed by atoms with E-state index in [4.69, 9.17) is 0 Å². The molecule has 0 spiro atoms. The van der Waals surface area contributed by atoms with Gasteiger partial charge in [0.1, 0.15) is 5.82 Å². The van der Waals surface area contributed by atoms with Crippen LogP contribution in [0.1, 0.15) is 36.4 Å². The van der Waals surface area contributed by atoms with Gasteiger partial charge >= 0.3 is 0 Å². The molecule has 2 aromatic rings. The SMILES string of the molecule is CCNc1cc(Cn2nc(C)c(CC)c2C)ccn1. The molecule has 0 radical (unpaired) electrons. The summed E-state index contributed by atoms with van der Waals surface area (Å²) in [5, 5.41) is 7.86. The van der Waals surface area contributed by atoms with Gasteiger partial charge in [-0.2, -0.15) is 5.10 Å². The lowest BCUT2D eigenvalue weighted by atomic mass is 10.1. The summed E-state index contributed by atoms with van der Waals surface area (Å²) >= 11 is 0. The standard InChI is InChI=1S/C15H22N4/c1-5-14-11(3)18-19(12(14)4)10-13-7-8-17-15(9-13)16-6-2/h7-9H,5-6,10H2,1-4H3,(H,16,17). The lowest BCUT2D eigenvalue weighted by Crippen LogP contribution is -2.06. The molecule has 19 heavy (non-hydrogen) atoms. The van der Waals surface area contributed by atoms with Crippen molar-refractivity contribution < 1.29 is 0 Å². The van der Waals surface area contributed by atoms with E-state index in [2.05, 4.69) is 53.8 Å². The number of anilines is 1. The van der Waals surface area contributed by atoms with E-state index in [0.717, 1.165) is 31.0 Å². The number of aromatic nitrogens is 3. The molecular weight excluding hydrogens is 236 g/mol. The fourth-order valence-corrected chi connectivity index (χ4v) is 2.42. The highest BCUT2D eigenvalue weighted by Crippen LogP contribution is 2.16. The normalized spacial score (nSPS) is 10.7. The summed E-state index contributed by atoms with van der Waals surface area (Å²) in [6.07, 6.45) is 2.89. The summed E-state index contributed by atoms with van der Waals surface area (Å²) in [5.74, 6) is 0.928. The van der Waals surface area contributed by atoms with E-state index in [1.807, 2.05) is 12.3 Å². The minimum atomic E-state index is 0.799. The molecule has 2 heterocycles. The van der Waals surface area contributed by atoms with Crippen molar-refractivity contribution in [3.05, 3.63) is 40.8 Å². The molecule has 0 saturated carbocycles. The Kier molecular flexibility index (Phi) is 4.20. The monoisotopic (exact) mass is 258 g/mol. The summed E-state index contributed by atoms with van der Waals surface area (Å²) in [4.78, 5) is 4.29. The number of hydrogen-bond donors (Lipinski definition) is 1. The second kappa shape index (κ2) is 5.87. The minimum absolute atomic E-state index is 0.799. The first kappa shape index (κ1) is 13.6. The fraction of sp³-hybridized carbons (Fsp3) is 0.467. The summed E-state index contributed by atoms with van der Waals surface area (Å²) in [6, 6.07) is 4.13. The van der Waals surface area contributed by atoms with Crippen LogP contribution < -0.4 is 5.32 Å². The Labute approximate surface area is 114 Å². The Morgan fingerprint density at radius 2 is 2.05 bits per heavy atom. The van der Waals surface area contributed by atoms with Crippen LogP contribution in [-0.4, -0.2) is 21.3 Å². The molecule has 0 aliphatic carbocycles. The van der Waals surface area contributed by atoms with Crippen molar-refractivity contribution >= 4 is 5.82 Å².